The number of anilines is 1. The Kier molecular flexibility index (Phi) is 5.10. The third-order valence-electron chi connectivity index (χ3n) is 5.50. The Morgan fingerprint density at radius 3 is 2.47 bits per heavy atom. The Morgan fingerprint density at radius 2 is 1.75 bits per heavy atom. The second kappa shape index (κ2) is 7.95. The lowest BCUT2D eigenvalue weighted by Gasteiger charge is -2.30. The van der Waals surface area contributed by atoms with Gasteiger partial charge in [-0.15, -0.1) is 0 Å². The van der Waals surface area contributed by atoms with E-state index in [-0.39, 0.29) is 29.0 Å². The van der Waals surface area contributed by atoms with Crippen molar-refractivity contribution in [2.75, 3.05) is 5.32 Å². The normalized spacial score (nSPS) is 21.6. The average Bonchev–Trinajstić information content (AvgIpc) is 3.23. The number of amides is 3. The number of rotatable bonds is 4. The number of nitrogens with zero attached hydrogens (tertiary/aromatic N) is 1. The van der Waals surface area contributed by atoms with Gasteiger partial charge in [0.1, 0.15) is 17.5 Å². The second-order valence-electron chi connectivity index (χ2n) is 7.52. The van der Waals surface area contributed by atoms with Gasteiger partial charge in [0.05, 0.1) is 10.9 Å². The summed E-state index contributed by atoms with van der Waals surface area (Å²) in [5.41, 5.74) is 1.33. The highest BCUT2D eigenvalue weighted by molar-refractivity contribution is 8.00. The van der Waals surface area contributed by atoms with Crippen LogP contribution in [0.3, 0.4) is 0 Å². The van der Waals surface area contributed by atoms with Crippen LogP contribution in [0.25, 0.3) is 0 Å². The molecule has 0 saturated carbocycles. The van der Waals surface area contributed by atoms with Gasteiger partial charge in [-0.05, 0) is 29.8 Å². The number of aromatic hydroxyl groups is 1. The molecule has 1 aromatic heterocycles. The first-order valence-electron chi connectivity index (χ1n) is 9.81. The first kappa shape index (κ1) is 20.5. The predicted octanol–water partition coefficient (Wildman–Crippen LogP) is 2.13. The van der Waals surface area contributed by atoms with Crippen LogP contribution in [0.1, 0.15) is 16.4 Å². The Balaban J connectivity index is 1.54. The van der Waals surface area contributed by atoms with E-state index in [2.05, 4.69) is 10.6 Å². The molecule has 0 aliphatic carbocycles. The van der Waals surface area contributed by atoms with Gasteiger partial charge in [0.2, 0.25) is 17.7 Å². The minimum atomic E-state index is -0.703. The van der Waals surface area contributed by atoms with E-state index < -0.39 is 23.0 Å². The number of carbonyl (C=O) groups excluding carboxylic acids is 3. The Hall–Kier alpha value is -3.37. The summed E-state index contributed by atoms with van der Waals surface area (Å²) in [7, 11) is 0. The maximum absolute atomic E-state index is 12.9. The van der Waals surface area contributed by atoms with Gasteiger partial charge < -0.3 is 10.4 Å². The van der Waals surface area contributed by atoms with Crippen LogP contribution in [0.2, 0.25) is 0 Å². The zero-order valence-corrected chi connectivity index (χ0v) is 18.1. The molecule has 0 spiro atoms. The number of carbonyl (C=O) groups is 3. The van der Waals surface area contributed by atoms with Gasteiger partial charge in [0.25, 0.3) is 0 Å². The van der Waals surface area contributed by atoms with Crippen molar-refractivity contribution < 1.29 is 19.5 Å². The van der Waals surface area contributed by atoms with Gasteiger partial charge in [-0.2, -0.15) is 0 Å². The number of fused-ring (bicyclic) bond motifs is 2. The van der Waals surface area contributed by atoms with E-state index in [1.807, 2.05) is 6.07 Å². The fourth-order valence-corrected chi connectivity index (χ4v) is 6.82. The summed E-state index contributed by atoms with van der Waals surface area (Å²) in [6, 6.07) is 15.3. The number of hydrogen-bond donors (Lipinski definition) is 3. The number of phenolic OH excluding ortho intramolecular Hbond substituents is 1. The van der Waals surface area contributed by atoms with Crippen LogP contribution < -0.4 is 15.5 Å². The standard InChI is InChI=1S/C22H17N3O5S2/c26-13-8-6-11(7-9-13)15-16-17(20(29)24-19(16)28)31-21-18(15)32-22(30)25(21)10-14(27)23-12-4-2-1-3-5-12/h1-9,15-17,26H,10H2,(H,23,27)(H,24,28,29)/t15-,16+,17-/m0/s1. The van der Waals surface area contributed by atoms with E-state index in [0.717, 1.165) is 23.1 Å². The number of benzene rings is 2. The van der Waals surface area contributed by atoms with E-state index >= 15 is 0 Å². The van der Waals surface area contributed by atoms with Crippen LogP contribution in [0.15, 0.2) is 64.4 Å². The summed E-state index contributed by atoms with van der Waals surface area (Å²) in [4.78, 5) is 50.9. The molecule has 0 radical (unpaired) electrons. The molecule has 5 rings (SSSR count). The Labute approximate surface area is 190 Å². The van der Waals surface area contributed by atoms with E-state index in [0.29, 0.717) is 21.2 Å². The third-order valence-corrected chi connectivity index (χ3v) is 8.12. The molecule has 2 aliphatic rings. The first-order chi connectivity index (χ1) is 15.4. The number of thioether (sulfide) groups is 1. The van der Waals surface area contributed by atoms with E-state index in [4.69, 9.17) is 0 Å². The molecule has 3 amide bonds. The van der Waals surface area contributed by atoms with Crippen molar-refractivity contribution in [1.29, 1.82) is 0 Å². The number of hydrogen-bond acceptors (Lipinski definition) is 7. The quantitative estimate of drug-likeness (QED) is 0.506. The molecule has 3 atom stereocenters. The van der Waals surface area contributed by atoms with Crippen LogP contribution in [0.5, 0.6) is 5.75 Å². The fraction of sp³-hybridized carbons (Fsp3) is 0.182. The molecule has 0 bridgehead atoms. The zero-order chi connectivity index (χ0) is 22.4. The number of imide groups is 1. The lowest BCUT2D eigenvalue weighted by Crippen LogP contribution is -2.32. The van der Waals surface area contributed by atoms with E-state index in [1.54, 1.807) is 36.4 Å². The van der Waals surface area contributed by atoms with Crippen LogP contribution in [-0.2, 0) is 20.9 Å². The van der Waals surface area contributed by atoms with Gasteiger partial charge in [-0.25, -0.2) is 0 Å². The van der Waals surface area contributed by atoms with Gasteiger partial charge in [-0.1, -0.05) is 53.4 Å². The Bertz CT molecular complexity index is 1280. The third kappa shape index (κ3) is 3.51. The van der Waals surface area contributed by atoms with Crippen LogP contribution in [-0.4, -0.2) is 32.6 Å². The number of phenols is 1. The van der Waals surface area contributed by atoms with Crippen molar-refractivity contribution >= 4 is 46.5 Å². The van der Waals surface area contributed by atoms with Gasteiger partial charge in [0.15, 0.2) is 0 Å². The maximum Gasteiger partial charge on any atom is 0.308 e. The molecule has 162 valence electrons. The summed E-state index contributed by atoms with van der Waals surface area (Å²) >= 11 is 2.13. The molecule has 1 saturated heterocycles. The summed E-state index contributed by atoms with van der Waals surface area (Å²) in [6.45, 7) is -0.207. The van der Waals surface area contributed by atoms with E-state index in [9.17, 15) is 24.3 Å². The highest BCUT2D eigenvalue weighted by atomic mass is 32.2. The summed E-state index contributed by atoms with van der Waals surface area (Å²) < 4.78 is 1.36. The van der Waals surface area contributed by atoms with Crippen LogP contribution in [0.4, 0.5) is 5.69 Å². The minimum Gasteiger partial charge on any atom is -0.508 e. The number of para-hydroxylation sites is 1. The number of thiazole rings is 1. The molecule has 8 nitrogen and oxygen atoms in total. The highest BCUT2D eigenvalue weighted by Gasteiger charge is 2.52. The first-order valence-corrected chi connectivity index (χ1v) is 11.5. The SMILES string of the molecule is O=C(Cn1c2c(sc1=O)[C@@H](c1ccc(O)cc1)[C@H]1C(=O)NC(=O)[C@H]1S2)Nc1ccccc1. The molecule has 1 fully saturated rings. The molecular weight excluding hydrogens is 450 g/mol. The smallest absolute Gasteiger partial charge is 0.308 e. The highest BCUT2D eigenvalue weighted by Crippen LogP contribution is 2.51. The molecule has 3 N–H and O–H groups in total. The van der Waals surface area contributed by atoms with Crippen molar-refractivity contribution in [3.05, 3.63) is 74.7 Å². The molecule has 2 aliphatic heterocycles. The monoisotopic (exact) mass is 467 g/mol. The minimum absolute atomic E-state index is 0.0750. The largest absolute Gasteiger partial charge is 0.508 e. The Morgan fingerprint density at radius 1 is 1.03 bits per heavy atom. The van der Waals surface area contributed by atoms with E-state index in [1.165, 1.54) is 16.7 Å². The van der Waals surface area contributed by atoms with Crippen LogP contribution in [0, 0.1) is 5.92 Å². The van der Waals surface area contributed by atoms with Crippen LogP contribution >= 0.6 is 23.1 Å². The van der Waals surface area contributed by atoms with Crippen molar-refractivity contribution in [3.63, 3.8) is 0 Å². The summed E-state index contributed by atoms with van der Waals surface area (Å²) in [5.74, 6) is -2.28. The average molecular weight is 468 g/mol. The van der Waals surface area contributed by atoms with Crippen molar-refractivity contribution in [1.82, 2.24) is 9.88 Å². The molecule has 2 aromatic carbocycles. The fourth-order valence-electron chi connectivity index (χ4n) is 4.08. The van der Waals surface area contributed by atoms with Crippen molar-refractivity contribution in [3.8, 4) is 5.75 Å². The lowest BCUT2D eigenvalue weighted by atomic mass is 9.83. The topological polar surface area (TPSA) is 118 Å². The molecular formula is C22H17N3O5S2. The predicted molar refractivity (Wildman–Crippen MR) is 120 cm³/mol. The summed E-state index contributed by atoms with van der Waals surface area (Å²) in [6.07, 6.45) is 0. The van der Waals surface area contributed by atoms with Gasteiger partial charge in [0, 0.05) is 16.5 Å². The van der Waals surface area contributed by atoms with Gasteiger partial charge in [-0.3, -0.25) is 29.1 Å². The molecule has 10 heteroatoms. The maximum atomic E-state index is 12.9. The number of aromatic nitrogens is 1. The molecule has 32 heavy (non-hydrogen) atoms. The molecule has 3 heterocycles. The molecule has 0 unspecified atom stereocenters. The van der Waals surface area contributed by atoms with Crippen molar-refractivity contribution in [2.45, 2.75) is 22.7 Å². The number of nitrogens with one attached hydrogen (secondary N) is 2. The second-order valence-corrected chi connectivity index (χ2v) is 9.65. The zero-order valence-electron chi connectivity index (χ0n) is 16.5. The summed E-state index contributed by atoms with van der Waals surface area (Å²) in [5, 5.41) is 14.6. The van der Waals surface area contributed by atoms with Gasteiger partial charge >= 0.3 is 4.87 Å². The van der Waals surface area contributed by atoms with Crippen molar-refractivity contribution in [2.24, 2.45) is 5.92 Å². The lowest BCUT2D eigenvalue weighted by molar-refractivity contribution is -0.126. The molecule has 3 aromatic rings.